The van der Waals surface area contributed by atoms with Crippen LogP contribution in [0.15, 0.2) is 36.4 Å². The summed E-state index contributed by atoms with van der Waals surface area (Å²) >= 11 is 6.61. The lowest BCUT2D eigenvalue weighted by atomic mass is 10.0. The lowest BCUT2D eigenvalue weighted by Gasteiger charge is -2.42. The van der Waals surface area contributed by atoms with Gasteiger partial charge in [-0.2, -0.15) is 5.26 Å². The predicted molar refractivity (Wildman–Crippen MR) is 150 cm³/mol. The Bertz CT molecular complexity index is 1310. The Morgan fingerprint density at radius 3 is 2.59 bits per heavy atom. The molecule has 0 saturated carbocycles. The number of nitriles is 1. The van der Waals surface area contributed by atoms with Gasteiger partial charge in [-0.1, -0.05) is 56.6 Å². The van der Waals surface area contributed by atoms with E-state index < -0.39 is 0 Å². The number of benzene rings is 2. The van der Waals surface area contributed by atoms with Gasteiger partial charge >= 0.3 is 0 Å². The van der Waals surface area contributed by atoms with Crippen LogP contribution in [0.2, 0.25) is 5.02 Å². The van der Waals surface area contributed by atoms with E-state index in [0.29, 0.717) is 39.0 Å². The molecule has 8 heteroatoms. The molecule has 0 spiro atoms. The maximum Gasteiger partial charge on any atom is 0.222 e. The second-order valence-electron chi connectivity index (χ2n) is 9.21. The van der Waals surface area contributed by atoms with E-state index in [1.807, 2.05) is 44.7 Å². The Labute approximate surface area is 224 Å². The highest BCUT2D eigenvalue weighted by atomic mass is 35.5. The number of carbonyl (C=O) groups is 1. The molecular weight excluding hydrogens is 484 g/mol. The third-order valence-electron chi connectivity index (χ3n) is 7.06. The van der Waals surface area contributed by atoms with Crippen LogP contribution in [0.4, 0.5) is 11.5 Å². The fourth-order valence-corrected chi connectivity index (χ4v) is 5.68. The average molecular weight is 519 g/mol. The van der Waals surface area contributed by atoms with Gasteiger partial charge in [0.2, 0.25) is 5.91 Å². The second-order valence-corrected chi connectivity index (χ2v) is 9.62. The molecule has 0 radical (unpaired) electrons. The summed E-state index contributed by atoms with van der Waals surface area (Å²) in [6.07, 6.45) is 1.60. The van der Waals surface area contributed by atoms with Gasteiger partial charge in [-0.15, -0.1) is 0 Å². The van der Waals surface area contributed by atoms with Crippen LogP contribution in [0.5, 0.6) is 0 Å². The molecule has 5 rings (SSSR count). The molecule has 3 aromatic rings. The Morgan fingerprint density at radius 1 is 1.11 bits per heavy atom. The minimum Gasteiger partial charge on any atom is -0.365 e. The first-order valence-electron chi connectivity index (χ1n) is 13.2. The van der Waals surface area contributed by atoms with E-state index in [9.17, 15) is 10.1 Å². The van der Waals surface area contributed by atoms with Crippen molar-refractivity contribution in [3.8, 4) is 6.07 Å². The van der Waals surface area contributed by atoms with Gasteiger partial charge in [-0.25, -0.2) is 9.97 Å². The van der Waals surface area contributed by atoms with Crippen molar-refractivity contribution < 1.29 is 4.79 Å². The first kappa shape index (κ1) is 26.7. The molecule has 1 amide bonds. The van der Waals surface area contributed by atoms with Crippen LogP contribution in [0, 0.1) is 18.3 Å². The van der Waals surface area contributed by atoms with Crippen molar-refractivity contribution in [2.75, 3.05) is 36.0 Å². The van der Waals surface area contributed by atoms with Crippen molar-refractivity contribution in [1.82, 2.24) is 14.9 Å². The lowest BCUT2D eigenvalue weighted by molar-refractivity contribution is -0.133. The van der Waals surface area contributed by atoms with Crippen LogP contribution in [0.3, 0.4) is 0 Å². The quantitative estimate of drug-likeness (QED) is 0.452. The summed E-state index contributed by atoms with van der Waals surface area (Å²) < 4.78 is 0. The molecular formula is C29H35ClN6O. The number of halogens is 1. The van der Waals surface area contributed by atoms with Gasteiger partial charge in [0.25, 0.3) is 0 Å². The van der Waals surface area contributed by atoms with Gasteiger partial charge in [0.15, 0.2) is 0 Å². The highest BCUT2D eigenvalue weighted by Gasteiger charge is 2.33. The van der Waals surface area contributed by atoms with Crippen molar-refractivity contribution in [1.29, 1.82) is 5.26 Å². The summed E-state index contributed by atoms with van der Waals surface area (Å²) in [6.45, 7) is 11.3. The van der Waals surface area contributed by atoms with Crippen molar-refractivity contribution in [2.24, 2.45) is 0 Å². The maximum atomic E-state index is 12.4. The summed E-state index contributed by atoms with van der Waals surface area (Å²) in [4.78, 5) is 28.6. The van der Waals surface area contributed by atoms with Crippen LogP contribution in [0.25, 0.3) is 10.8 Å². The van der Waals surface area contributed by atoms with E-state index in [2.05, 4.69) is 40.1 Å². The summed E-state index contributed by atoms with van der Waals surface area (Å²) in [6, 6.07) is 14.5. The smallest absolute Gasteiger partial charge is 0.222 e. The Morgan fingerprint density at radius 2 is 1.86 bits per heavy atom. The molecule has 3 heterocycles. The number of rotatable bonds is 4. The molecule has 1 aromatic heterocycles. The number of piperazine rings is 1. The zero-order valence-corrected chi connectivity index (χ0v) is 22.9. The third-order valence-corrected chi connectivity index (χ3v) is 7.37. The first-order valence-corrected chi connectivity index (χ1v) is 13.6. The molecule has 1 fully saturated rings. The fourth-order valence-electron chi connectivity index (χ4n) is 5.40. The Kier molecular flexibility index (Phi) is 8.50. The summed E-state index contributed by atoms with van der Waals surface area (Å²) in [5.74, 6) is 1.80. The number of hydrogen-bond acceptors (Lipinski definition) is 6. The van der Waals surface area contributed by atoms with E-state index in [1.54, 1.807) is 0 Å². The van der Waals surface area contributed by atoms with Crippen LogP contribution >= 0.6 is 11.6 Å². The van der Waals surface area contributed by atoms with Crippen molar-refractivity contribution >= 4 is 39.8 Å². The minimum atomic E-state index is -0.120. The van der Waals surface area contributed by atoms with Crippen molar-refractivity contribution in [3.05, 3.63) is 58.5 Å². The number of hydrogen-bond donors (Lipinski definition) is 0. The number of amides is 1. The van der Waals surface area contributed by atoms with Crippen molar-refractivity contribution in [2.45, 2.75) is 59.5 Å². The number of aryl methyl sites for hydroxylation is 1. The highest BCUT2D eigenvalue weighted by molar-refractivity contribution is 6.36. The molecule has 2 aliphatic heterocycles. The topological polar surface area (TPSA) is 76.4 Å². The largest absolute Gasteiger partial charge is 0.365 e. The Balaban J connectivity index is 0.00000156. The molecule has 194 valence electrons. The van der Waals surface area contributed by atoms with Crippen molar-refractivity contribution in [3.63, 3.8) is 0 Å². The molecule has 1 unspecified atom stereocenters. The monoisotopic (exact) mass is 518 g/mol. The summed E-state index contributed by atoms with van der Waals surface area (Å²) in [7, 11) is 0. The zero-order valence-electron chi connectivity index (χ0n) is 22.2. The summed E-state index contributed by atoms with van der Waals surface area (Å²) in [5.41, 5.74) is 3.33. The SMILES string of the molecule is CC.CCC(=O)N1CCN(c2nc(C)nc3c2CCN(c2cccc4cccc(Cl)c24)C3)CC1CC#N. The Hall–Kier alpha value is -3.37. The van der Waals surface area contributed by atoms with Gasteiger partial charge in [0.1, 0.15) is 11.6 Å². The van der Waals surface area contributed by atoms with Crippen LogP contribution < -0.4 is 9.80 Å². The molecule has 0 N–H and O–H groups in total. The number of fused-ring (bicyclic) bond motifs is 2. The van der Waals surface area contributed by atoms with E-state index in [1.165, 1.54) is 5.56 Å². The maximum absolute atomic E-state index is 12.4. The average Bonchev–Trinajstić information content (AvgIpc) is 2.93. The number of nitrogens with zero attached hydrogens (tertiary/aromatic N) is 6. The molecule has 0 aliphatic carbocycles. The zero-order chi connectivity index (χ0) is 26.5. The van der Waals surface area contributed by atoms with E-state index in [0.717, 1.165) is 51.8 Å². The van der Waals surface area contributed by atoms with Crippen LogP contribution in [-0.4, -0.2) is 53.0 Å². The van der Waals surface area contributed by atoms with Gasteiger partial charge < -0.3 is 14.7 Å². The minimum absolute atomic E-state index is 0.107. The molecule has 1 atom stereocenters. The first-order chi connectivity index (χ1) is 18.0. The highest BCUT2D eigenvalue weighted by Crippen LogP contribution is 2.36. The number of carbonyl (C=O) groups excluding carboxylic acids is 1. The molecule has 7 nitrogen and oxygen atoms in total. The third kappa shape index (κ3) is 5.35. The number of aromatic nitrogens is 2. The number of anilines is 2. The predicted octanol–water partition coefficient (Wildman–Crippen LogP) is 5.52. The normalized spacial score (nSPS) is 17.1. The fraction of sp³-hybridized carbons (Fsp3) is 0.448. The summed E-state index contributed by atoms with van der Waals surface area (Å²) in [5, 5.41) is 12.3. The van der Waals surface area contributed by atoms with Crippen LogP contribution in [0.1, 0.15) is 50.7 Å². The van der Waals surface area contributed by atoms with Gasteiger partial charge in [0, 0.05) is 49.2 Å². The molecule has 0 bridgehead atoms. The van der Waals surface area contributed by atoms with E-state index in [-0.39, 0.29) is 11.9 Å². The second kappa shape index (κ2) is 11.8. The lowest BCUT2D eigenvalue weighted by Crippen LogP contribution is -2.55. The molecule has 1 saturated heterocycles. The van der Waals surface area contributed by atoms with Crippen LogP contribution in [-0.2, 0) is 17.8 Å². The standard InChI is InChI=1S/C27H29ClN6O.C2H6/c1-3-25(35)34-15-14-33(16-20(34)10-12-29)27-21-11-13-32(17-23(21)30-18(2)31-27)24-9-5-7-19-6-4-8-22(28)26(19)24;1-2/h4-9,20H,3,10-11,13-17H2,1-2H3;1-2H3. The van der Waals surface area contributed by atoms with Gasteiger partial charge in [-0.3, -0.25) is 4.79 Å². The van der Waals surface area contributed by atoms with E-state index >= 15 is 0 Å². The van der Waals surface area contributed by atoms with Gasteiger partial charge in [-0.05, 0) is 30.9 Å². The van der Waals surface area contributed by atoms with E-state index in [4.69, 9.17) is 21.6 Å². The molecule has 37 heavy (non-hydrogen) atoms. The molecule has 2 aliphatic rings. The van der Waals surface area contributed by atoms with Gasteiger partial charge in [0.05, 0.1) is 35.8 Å². The molecule has 2 aromatic carbocycles.